The lowest BCUT2D eigenvalue weighted by atomic mass is 9.65. The van der Waals surface area contributed by atoms with Gasteiger partial charge in [0.25, 0.3) is 17.4 Å². The predicted octanol–water partition coefficient (Wildman–Crippen LogP) is 2.04. The molecule has 2 heterocycles. The Kier molecular flexibility index (Phi) is 10.2. The molecule has 2 aliphatic carbocycles. The molecule has 0 aliphatic heterocycles. The molecular weight excluding hydrogens is 606 g/mol. The van der Waals surface area contributed by atoms with Crippen molar-refractivity contribution in [1.29, 1.82) is 0 Å². The van der Waals surface area contributed by atoms with Crippen molar-refractivity contribution in [1.82, 2.24) is 20.5 Å². The van der Waals surface area contributed by atoms with Crippen LogP contribution in [0.1, 0.15) is 61.6 Å². The van der Waals surface area contributed by atoms with Gasteiger partial charge in [-0.05, 0) is 75.0 Å². The van der Waals surface area contributed by atoms with Crippen LogP contribution in [0.15, 0.2) is 51.8 Å². The van der Waals surface area contributed by atoms with E-state index in [9.17, 15) is 33.9 Å². The zero-order chi connectivity index (χ0) is 33.8. The Hall–Kier alpha value is -4.78. The third kappa shape index (κ3) is 7.62. The molecule has 0 saturated heterocycles. The van der Waals surface area contributed by atoms with Crippen molar-refractivity contribution in [3.63, 3.8) is 0 Å². The number of carbonyl (C=O) groups excluding carboxylic acids is 5. The molecule has 5 rings (SSSR count). The van der Waals surface area contributed by atoms with E-state index in [2.05, 4.69) is 28.2 Å². The number of nitrogens with zero attached hydrogens (tertiary/aromatic N) is 1. The average molecular weight is 648 g/mol. The lowest BCUT2D eigenvalue weighted by Gasteiger charge is -2.46. The van der Waals surface area contributed by atoms with Gasteiger partial charge in [0.05, 0.1) is 6.10 Å². The number of hydrogen-bond donors (Lipinski definition) is 5. The largest absolute Gasteiger partial charge is 0.451 e. The molecule has 2 saturated carbocycles. The number of para-hydroxylation sites is 1. The summed E-state index contributed by atoms with van der Waals surface area (Å²) in [6.07, 6.45) is 3.79. The number of aromatic nitrogens is 1. The van der Waals surface area contributed by atoms with Gasteiger partial charge in [-0.2, -0.15) is 0 Å². The summed E-state index contributed by atoms with van der Waals surface area (Å²) >= 11 is 0. The first-order valence-corrected chi connectivity index (χ1v) is 16.0. The van der Waals surface area contributed by atoms with Gasteiger partial charge in [-0.1, -0.05) is 25.1 Å². The molecular formula is C34H41N5O8. The van der Waals surface area contributed by atoms with Crippen molar-refractivity contribution < 1.29 is 33.5 Å². The first-order valence-electron chi connectivity index (χ1n) is 16.0. The van der Waals surface area contributed by atoms with Crippen LogP contribution in [0.5, 0.6) is 0 Å². The number of aliphatic hydroxyl groups is 1. The first kappa shape index (κ1) is 33.6. The van der Waals surface area contributed by atoms with Crippen LogP contribution in [0.25, 0.3) is 11.0 Å². The van der Waals surface area contributed by atoms with Crippen molar-refractivity contribution in [3.8, 4) is 0 Å². The van der Waals surface area contributed by atoms with Gasteiger partial charge in [-0.3, -0.25) is 28.8 Å². The summed E-state index contributed by atoms with van der Waals surface area (Å²) in [5, 5.41) is 21.4. The van der Waals surface area contributed by atoms with Crippen LogP contribution >= 0.6 is 0 Å². The minimum Gasteiger partial charge on any atom is -0.451 e. The topological polar surface area (TPSA) is 189 Å². The fourth-order valence-corrected chi connectivity index (χ4v) is 7.11. The summed E-state index contributed by atoms with van der Waals surface area (Å²) in [6.45, 7) is 3.52. The van der Waals surface area contributed by atoms with Crippen LogP contribution in [0, 0.1) is 24.7 Å². The number of benzene rings is 1. The number of ketones is 1. The Balaban J connectivity index is 1.29. The number of furan rings is 1. The van der Waals surface area contributed by atoms with Crippen molar-refractivity contribution in [3.05, 3.63) is 64.3 Å². The van der Waals surface area contributed by atoms with Crippen molar-refractivity contribution >= 4 is 46.1 Å². The predicted molar refractivity (Wildman–Crippen MR) is 172 cm³/mol. The summed E-state index contributed by atoms with van der Waals surface area (Å²) in [6, 6.07) is 8.52. The molecule has 13 nitrogen and oxygen atoms in total. The molecule has 2 bridgehead atoms. The number of aryl methyl sites for hydroxylation is 1. The summed E-state index contributed by atoms with van der Waals surface area (Å²) in [5.74, 6) is -2.63. The van der Waals surface area contributed by atoms with Gasteiger partial charge in [0, 0.05) is 36.7 Å². The van der Waals surface area contributed by atoms with Crippen LogP contribution in [-0.2, 0) is 25.7 Å². The lowest BCUT2D eigenvalue weighted by Crippen LogP contribution is -2.52. The minimum absolute atomic E-state index is 0.0137. The van der Waals surface area contributed by atoms with E-state index in [0.29, 0.717) is 23.5 Å². The number of anilines is 1. The van der Waals surface area contributed by atoms with Gasteiger partial charge in [0.15, 0.2) is 5.76 Å². The highest BCUT2D eigenvalue weighted by molar-refractivity contribution is 6.36. The zero-order valence-electron chi connectivity index (χ0n) is 26.7. The number of carbonyl (C=O) groups is 5. The highest BCUT2D eigenvalue weighted by Gasteiger charge is 2.41. The van der Waals surface area contributed by atoms with Gasteiger partial charge < -0.3 is 35.4 Å². The van der Waals surface area contributed by atoms with Crippen LogP contribution in [0.3, 0.4) is 0 Å². The van der Waals surface area contributed by atoms with E-state index in [1.807, 2.05) is 0 Å². The van der Waals surface area contributed by atoms with Gasteiger partial charge in [0.1, 0.15) is 23.9 Å². The van der Waals surface area contributed by atoms with E-state index in [1.54, 1.807) is 31.2 Å². The number of Topliss-reactive ketones (excluding diaryl/α,β-unsaturated/α-hetero) is 1. The van der Waals surface area contributed by atoms with E-state index in [0.717, 1.165) is 24.6 Å². The van der Waals surface area contributed by atoms with Crippen molar-refractivity contribution in [2.45, 2.75) is 77.1 Å². The number of likely N-dealkylation sites (N-methyl/N-ethyl adjacent to an activating group) is 1. The molecule has 47 heavy (non-hydrogen) atoms. The maximum atomic E-state index is 13.5. The second-order valence-corrected chi connectivity index (χ2v) is 12.8. The van der Waals surface area contributed by atoms with Gasteiger partial charge >= 0.3 is 0 Å². The van der Waals surface area contributed by atoms with Crippen molar-refractivity contribution in [2.24, 2.45) is 17.8 Å². The van der Waals surface area contributed by atoms with Crippen LogP contribution in [0.2, 0.25) is 0 Å². The van der Waals surface area contributed by atoms with Crippen LogP contribution in [-0.4, -0.2) is 64.3 Å². The number of amides is 4. The smallest absolute Gasteiger partial charge is 0.287 e. The molecule has 1 aromatic carbocycles. The first-order chi connectivity index (χ1) is 22.4. The lowest BCUT2D eigenvalue weighted by molar-refractivity contribution is -0.137. The zero-order valence-corrected chi connectivity index (χ0v) is 26.7. The maximum Gasteiger partial charge on any atom is 0.287 e. The van der Waals surface area contributed by atoms with E-state index in [1.165, 1.54) is 29.9 Å². The Morgan fingerprint density at radius 3 is 2.55 bits per heavy atom. The average Bonchev–Trinajstić information content (AvgIpc) is 3.38. The third-order valence-corrected chi connectivity index (χ3v) is 9.37. The normalized spacial score (nSPS) is 22.6. The molecule has 6 atom stereocenters. The van der Waals surface area contributed by atoms with Crippen LogP contribution in [0.4, 0.5) is 5.69 Å². The fraction of sp³-hybridized carbons (Fsp3) is 0.471. The van der Waals surface area contributed by atoms with E-state index >= 15 is 0 Å². The molecule has 3 aromatic rings. The second-order valence-electron chi connectivity index (χ2n) is 12.8. The standard InChI is InChI=1S/C34H41N5O8/c1-18-13-20-14-21(16-22(40)15-20)29(18)38-28(42)17-39-12-6-8-25(34(39)46)37-31(43)24(10-11-26(41)32(44)35-3)36-33(45)30-19(2)23-7-4-5-9-27(23)47-30/h4-9,12,18,20-22,24,29,40H,10-11,13-17H2,1-3H3,(H,35,44)(H,36,45)(H,37,43)(H,38,42). The summed E-state index contributed by atoms with van der Waals surface area (Å²) in [4.78, 5) is 77.3. The summed E-state index contributed by atoms with van der Waals surface area (Å²) in [7, 11) is 1.31. The Labute approximate surface area is 271 Å². The third-order valence-electron chi connectivity index (χ3n) is 9.37. The number of pyridine rings is 1. The highest BCUT2D eigenvalue weighted by Crippen LogP contribution is 2.42. The summed E-state index contributed by atoms with van der Waals surface area (Å²) < 4.78 is 6.90. The molecule has 6 unspecified atom stereocenters. The van der Waals surface area contributed by atoms with Crippen LogP contribution < -0.4 is 26.8 Å². The summed E-state index contributed by atoms with van der Waals surface area (Å²) in [5.41, 5.74) is 0.273. The van der Waals surface area contributed by atoms with E-state index in [-0.39, 0.29) is 60.7 Å². The number of fused-ring (bicyclic) bond motifs is 3. The second kappa shape index (κ2) is 14.3. The van der Waals surface area contributed by atoms with E-state index in [4.69, 9.17) is 4.42 Å². The number of nitrogens with one attached hydrogen (secondary N) is 4. The fourth-order valence-electron chi connectivity index (χ4n) is 7.11. The molecule has 2 aromatic heterocycles. The quantitative estimate of drug-likeness (QED) is 0.196. The maximum absolute atomic E-state index is 13.5. The minimum atomic E-state index is -1.32. The molecule has 0 spiro atoms. The number of rotatable bonds is 11. The molecule has 13 heteroatoms. The Morgan fingerprint density at radius 1 is 1.04 bits per heavy atom. The monoisotopic (exact) mass is 647 g/mol. The SMILES string of the molecule is CNC(=O)C(=O)CCC(NC(=O)c1oc2ccccc2c1C)C(=O)Nc1cccn(CC(=O)NC2C(C)CC3CC(O)CC2C3)c1=O. The molecule has 250 valence electrons. The molecule has 2 aliphatic rings. The molecule has 2 fully saturated rings. The highest BCUT2D eigenvalue weighted by atomic mass is 16.3. The Morgan fingerprint density at radius 2 is 1.81 bits per heavy atom. The van der Waals surface area contributed by atoms with E-state index < -0.39 is 35.1 Å². The molecule has 5 N–H and O–H groups in total. The Bertz CT molecular complexity index is 1740. The number of aliphatic hydroxyl groups excluding tert-OH is 1. The van der Waals surface area contributed by atoms with Gasteiger partial charge in [-0.15, -0.1) is 0 Å². The molecule has 0 radical (unpaired) electrons. The van der Waals surface area contributed by atoms with Gasteiger partial charge in [-0.25, -0.2) is 0 Å². The van der Waals surface area contributed by atoms with Gasteiger partial charge in [0.2, 0.25) is 17.6 Å². The number of hydrogen-bond acceptors (Lipinski definition) is 8. The molecule has 4 amide bonds. The van der Waals surface area contributed by atoms with Crippen molar-refractivity contribution in [2.75, 3.05) is 12.4 Å².